The monoisotopic (exact) mass is 494 g/mol. The molecule has 0 aliphatic carbocycles. The van der Waals surface area contributed by atoms with Crippen LogP contribution in [0.1, 0.15) is 79.2 Å². The van der Waals surface area contributed by atoms with Gasteiger partial charge in [-0.15, -0.1) is 0 Å². The van der Waals surface area contributed by atoms with Crippen LogP contribution in [0.4, 0.5) is 4.79 Å². The van der Waals surface area contributed by atoms with Crippen LogP contribution in [0.25, 0.3) is 0 Å². The van der Waals surface area contributed by atoms with Crippen molar-refractivity contribution in [1.82, 2.24) is 8.61 Å². The predicted octanol–water partition coefficient (Wildman–Crippen LogP) is 6.25. The Morgan fingerprint density at radius 2 is 1.97 bits per heavy atom. The Morgan fingerprint density at radius 3 is 2.62 bits per heavy atom. The number of rotatable bonds is 13. The molecular formula is C26H42N2O5S. The fourth-order valence-corrected chi connectivity index (χ4v) is 4.57. The van der Waals surface area contributed by atoms with Crippen molar-refractivity contribution in [2.75, 3.05) is 20.2 Å². The van der Waals surface area contributed by atoms with Crippen LogP contribution >= 0.6 is 12.1 Å². The lowest BCUT2D eigenvalue weighted by Gasteiger charge is -2.28. The van der Waals surface area contributed by atoms with E-state index in [9.17, 15) is 9.59 Å². The van der Waals surface area contributed by atoms with E-state index in [0.717, 1.165) is 37.7 Å². The molecule has 0 radical (unpaired) electrons. The molecule has 192 valence electrons. The van der Waals surface area contributed by atoms with Gasteiger partial charge in [-0.2, -0.15) is 0 Å². The van der Waals surface area contributed by atoms with Crippen LogP contribution in [0.3, 0.4) is 0 Å². The zero-order valence-corrected chi connectivity index (χ0v) is 22.7. The normalized spacial score (nSPS) is 15.1. The maximum absolute atomic E-state index is 12.8. The number of hydrogen-bond acceptors (Lipinski definition) is 7. The van der Waals surface area contributed by atoms with Gasteiger partial charge in [-0.1, -0.05) is 45.2 Å². The van der Waals surface area contributed by atoms with Crippen LogP contribution in [0.5, 0.6) is 11.5 Å². The molecular weight excluding hydrogens is 452 g/mol. The van der Waals surface area contributed by atoms with E-state index >= 15 is 0 Å². The third-order valence-electron chi connectivity index (χ3n) is 5.87. The molecule has 1 aromatic carbocycles. The fourth-order valence-electron chi connectivity index (χ4n) is 3.79. The molecule has 1 aliphatic rings. The van der Waals surface area contributed by atoms with E-state index in [1.54, 1.807) is 13.1 Å². The lowest BCUT2D eigenvalue weighted by atomic mass is 10.0. The molecule has 1 aliphatic heterocycles. The highest BCUT2D eigenvalue weighted by Crippen LogP contribution is 2.42. The topological polar surface area (TPSA) is 68.3 Å². The third-order valence-corrected chi connectivity index (χ3v) is 7.08. The smallest absolute Gasteiger partial charge is 0.426 e. The van der Waals surface area contributed by atoms with Gasteiger partial charge in [0.2, 0.25) is 0 Å². The van der Waals surface area contributed by atoms with Crippen molar-refractivity contribution in [2.24, 2.45) is 5.92 Å². The molecule has 1 heterocycles. The van der Waals surface area contributed by atoms with Crippen molar-refractivity contribution in [3.8, 4) is 11.5 Å². The number of nitrogens with zero attached hydrogens (tertiary/aromatic N) is 2. The van der Waals surface area contributed by atoms with Gasteiger partial charge in [-0.05, 0) is 46.1 Å². The summed E-state index contributed by atoms with van der Waals surface area (Å²) in [4.78, 5) is 25.1. The van der Waals surface area contributed by atoms with E-state index in [1.165, 1.54) is 16.4 Å². The number of fused-ring (bicyclic) bond motifs is 1. The van der Waals surface area contributed by atoms with Crippen molar-refractivity contribution in [3.05, 3.63) is 23.8 Å². The molecule has 0 fully saturated rings. The predicted molar refractivity (Wildman–Crippen MR) is 137 cm³/mol. The molecule has 1 unspecified atom stereocenters. The second kappa shape index (κ2) is 13.2. The molecule has 34 heavy (non-hydrogen) atoms. The molecule has 1 atom stereocenters. The first-order chi connectivity index (χ1) is 16.1. The Morgan fingerprint density at radius 1 is 1.24 bits per heavy atom. The van der Waals surface area contributed by atoms with Gasteiger partial charge in [0.15, 0.2) is 11.5 Å². The van der Waals surface area contributed by atoms with Crippen LogP contribution in [-0.2, 0) is 16.0 Å². The molecule has 0 saturated carbocycles. The summed E-state index contributed by atoms with van der Waals surface area (Å²) in [5.41, 5.74) is 0.717. The van der Waals surface area contributed by atoms with Crippen molar-refractivity contribution in [2.45, 2.75) is 91.7 Å². The highest BCUT2D eigenvalue weighted by molar-refractivity contribution is 7.95. The summed E-state index contributed by atoms with van der Waals surface area (Å²) in [5, 5.41) is 0. The standard InChI is InChI=1S/C26H42N2O5S/c1-8-10-12-20(9-2)18-31-23(29)15-16-28(19(3)4)34-27(7)25(30)32-22-14-11-13-21-17-26(5,6)33-24(21)22/h11,13-14,19-20H,8-10,12,15-18H2,1-7H3. The molecule has 0 bridgehead atoms. The van der Waals surface area contributed by atoms with E-state index in [0.29, 0.717) is 30.6 Å². The van der Waals surface area contributed by atoms with Gasteiger partial charge in [-0.25, -0.2) is 13.4 Å². The van der Waals surface area contributed by atoms with Crippen LogP contribution in [0.15, 0.2) is 18.2 Å². The number of esters is 1. The molecule has 0 N–H and O–H groups in total. The van der Waals surface area contributed by atoms with E-state index in [2.05, 4.69) is 13.8 Å². The SMILES string of the molecule is CCCCC(CC)COC(=O)CCN(SN(C)C(=O)Oc1cccc2c1OC(C)(C)C2)C(C)C. The Labute approximate surface area is 209 Å². The maximum Gasteiger partial charge on any atom is 0.426 e. The number of amides is 1. The summed E-state index contributed by atoms with van der Waals surface area (Å²) in [6.07, 6.45) is 4.96. The first-order valence-electron chi connectivity index (χ1n) is 12.4. The molecule has 7 nitrogen and oxygen atoms in total. The van der Waals surface area contributed by atoms with E-state index < -0.39 is 6.09 Å². The Kier molecular flexibility index (Phi) is 11.0. The molecule has 0 saturated heterocycles. The number of unbranched alkanes of at least 4 members (excludes halogenated alkanes) is 1. The van der Waals surface area contributed by atoms with Gasteiger partial charge in [0.1, 0.15) is 5.60 Å². The van der Waals surface area contributed by atoms with Crippen LogP contribution in [-0.4, -0.2) is 52.5 Å². The minimum absolute atomic E-state index is 0.117. The van der Waals surface area contributed by atoms with Crippen molar-refractivity contribution in [3.63, 3.8) is 0 Å². The summed E-state index contributed by atoms with van der Waals surface area (Å²) < 4.78 is 20.6. The van der Waals surface area contributed by atoms with Crippen molar-refractivity contribution in [1.29, 1.82) is 0 Å². The van der Waals surface area contributed by atoms with Crippen LogP contribution in [0, 0.1) is 5.92 Å². The largest absolute Gasteiger partial charge is 0.483 e. The minimum Gasteiger partial charge on any atom is -0.483 e. The number of hydrogen-bond donors (Lipinski definition) is 0. The van der Waals surface area contributed by atoms with E-state index in [4.69, 9.17) is 14.2 Å². The Balaban J connectivity index is 1.86. The average molecular weight is 495 g/mol. The zero-order valence-electron chi connectivity index (χ0n) is 21.9. The maximum atomic E-state index is 12.8. The first-order valence-corrected chi connectivity index (χ1v) is 13.2. The minimum atomic E-state index is -0.498. The summed E-state index contributed by atoms with van der Waals surface area (Å²) in [6, 6.07) is 5.73. The van der Waals surface area contributed by atoms with Gasteiger partial charge in [0.05, 0.1) is 13.0 Å². The quantitative estimate of drug-likeness (QED) is 0.237. The summed E-state index contributed by atoms with van der Waals surface area (Å²) in [5.74, 6) is 1.28. The molecule has 0 aromatic heterocycles. The highest BCUT2D eigenvalue weighted by Gasteiger charge is 2.33. The second-order valence-electron chi connectivity index (χ2n) is 9.81. The lowest BCUT2D eigenvalue weighted by Crippen LogP contribution is -2.34. The first kappa shape index (κ1) is 28.3. The van der Waals surface area contributed by atoms with E-state index in [1.807, 2.05) is 44.1 Å². The zero-order chi connectivity index (χ0) is 25.3. The Bertz CT molecular complexity index is 814. The van der Waals surface area contributed by atoms with Crippen molar-refractivity contribution < 1.29 is 23.8 Å². The number of carbonyl (C=O) groups is 2. The number of benzene rings is 1. The molecule has 0 spiro atoms. The van der Waals surface area contributed by atoms with Crippen LogP contribution in [0.2, 0.25) is 0 Å². The Hall–Kier alpha value is -1.93. The molecule has 8 heteroatoms. The van der Waals surface area contributed by atoms with Crippen molar-refractivity contribution >= 4 is 24.2 Å². The average Bonchev–Trinajstić information content (AvgIpc) is 3.11. The number of para-hydroxylation sites is 1. The summed E-state index contributed by atoms with van der Waals surface area (Å²) in [7, 11) is 1.66. The highest BCUT2D eigenvalue weighted by atomic mass is 32.2. The lowest BCUT2D eigenvalue weighted by molar-refractivity contribution is -0.145. The van der Waals surface area contributed by atoms with Gasteiger partial charge >= 0.3 is 12.1 Å². The molecule has 1 aromatic rings. The summed E-state index contributed by atoms with van der Waals surface area (Å²) in [6.45, 7) is 13.3. The van der Waals surface area contributed by atoms with Gasteiger partial charge in [0, 0.05) is 43.8 Å². The third kappa shape index (κ3) is 8.69. The van der Waals surface area contributed by atoms with Gasteiger partial charge in [-0.3, -0.25) is 4.79 Å². The fraction of sp³-hybridized carbons (Fsp3) is 0.692. The number of ether oxygens (including phenoxy) is 3. The molecule has 1 amide bonds. The van der Waals surface area contributed by atoms with Crippen LogP contribution < -0.4 is 9.47 Å². The molecule has 2 rings (SSSR count). The van der Waals surface area contributed by atoms with E-state index in [-0.39, 0.29) is 24.0 Å². The van der Waals surface area contributed by atoms with Gasteiger partial charge in [0.25, 0.3) is 0 Å². The second-order valence-corrected chi connectivity index (χ2v) is 11.0. The number of carbonyl (C=O) groups excluding carboxylic acids is 2. The summed E-state index contributed by atoms with van der Waals surface area (Å²) >= 11 is 1.24. The van der Waals surface area contributed by atoms with Gasteiger partial charge < -0.3 is 14.2 Å².